The first-order valence-electron chi connectivity index (χ1n) is 3.67. The van der Waals surface area contributed by atoms with Crippen LogP contribution in [-0.2, 0) is 0 Å². The first-order chi connectivity index (χ1) is 4.93. The summed E-state index contributed by atoms with van der Waals surface area (Å²) in [4.78, 5) is 0. The molecule has 10 heavy (non-hydrogen) atoms. The van der Waals surface area contributed by atoms with E-state index in [0.717, 1.165) is 19.5 Å². The summed E-state index contributed by atoms with van der Waals surface area (Å²) in [7, 11) is 1.98. The van der Waals surface area contributed by atoms with Gasteiger partial charge in [-0.1, -0.05) is 6.08 Å². The van der Waals surface area contributed by atoms with E-state index in [1.807, 2.05) is 13.2 Å². The number of rotatable bonds is 3. The van der Waals surface area contributed by atoms with Gasteiger partial charge in [0.2, 0.25) is 0 Å². The van der Waals surface area contributed by atoms with Crippen molar-refractivity contribution < 1.29 is 0 Å². The molecule has 0 amide bonds. The molecule has 0 radical (unpaired) electrons. The van der Waals surface area contributed by atoms with Crippen LogP contribution in [0, 0.1) is 0 Å². The van der Waals surface area contributed by atoms with E-state index in [1.54, 1.807) is 0 Å². The van der Waals surface area contributed by atoms with E-state index >= 15 is 0 Å². The topological polar surface area (TPSA) is 24.1 Å². The Morgan fingerprint density at radius 3 is 3.20 bits per heavy atom. The Kier molecular flexibility index (Phi) is 3.03. The van der Waals surface area contributed by atoms with Crippen molar-refractivity contribution in [2.45, 2.75) is 6.42 Å². The van der Waals surface area contributed by atoms with Crippen molar-refractivity contribution in [3.05, 3.63) is 23.9 Å². The minimum absolute atomic E-state index is 0.982. The third-order valence-electron chi connectivity index (χ3n) is 1.56. The van der Waals surface area contributed by atoms with Gasteiger partial charge in [0.1, 0.15) is 0 Å². The molecule has 0 saturated carbocycles. The van der Waals surface area contributed by atoms with E-state index in [1.165, 1.54) is 5.57 Å². The number of allylic oxidation sites excluding steroid dienone is 1. The van der Waals surface area contributed by atoms with Crippen molar-refractivity contribution in [1.82, 2.24) is 10.6 Å². The summed E-state index contributed by atoms with van der Waals surface area (Å²) in [5, 5.41) is 6.23. The van der Waals surface area contributed by atoms with Gasteiger partial charge >= 0.3 is 0 Å². The zero-order valence-electron chi connectivity index (χ0n) is 6.35. The molecular weight excluding hydrogens is 124 g/mol. The minimum atomic E-state index is 0.982. The molecular formula is C8H14N2. The number of nitrogens with one attached hydrogen (secondary N) is 2. The van der Waals surface area contributed by atoms with Crippen molar-refractivity contribution in [3.8, 4) is 0 Å². The highest BCUT2D eigenvalue weighted by molar-refractivity contribution is 5.22. The highest BCUT2D eigenvalue weighted by atomic mass is 14.8. The maximum absolute atomic E-state index is 3.12. The van der Waals surface area contributed by atoms with Crippen LogP contribution in [0.5, 0.6) is 0 Å². The minimum Gasteiger partial charge on any atom is -0.387 e. The number of dihydropyridines is 1. The zero-order chi connectivity index (χ0) is 7.23. The normalized spacial score (nSPS) is 16.3. The summed E-state index contributed by atoms with van der Waals surface area (Å²) in [6.45, 7) is 2.05. The van der Waals surface area contributed by atoms with Gasteiger partial charge in [0.15, 0.2) is 0 Å². The van der Waals surface area contributed by atoms with Gasteiger partial charge in [-0.05, 0) is 37.9 Å². The molecule has 1 rings (SSSR count). The fourth-order valence-electron chi connectivity index (χ4n) is 0.947. The highest BCUT2D eigenvalue weighted by Gasteiger charge is 1.93. The monoisotopic (exact) mass is 138 g/mol. The van der Waals surface area contributed by atoms with Crippen LogP contribution >= 0.6 is 0 Å². The molecule has 0 aliphatic carbocycles. The molecule has 1 heterocycles. The molecule has 0 saturated heterocycles. The number of hydrogen-bond acceptors (Lipinski definition) is 2. The second kappa shape index (κ2) is 4.12. The molecule has 1 aliphatic rings. The maximum atomic E-state index is 3.12. The van der Waals surface area contributed by atoms with E-state index in [0.29, 0.717) is 0 Å². The van der Waals surface area contributed by atoms with Gasteiger partial charge in [0.05, 0.1) is 0 Å². The zero-order valence-corrected chi connectivity index (χ0v) is 6.35. The Hall–Kier alpha value is -0.760. The molecule has 2 N–H and O–H groups in total. The van der Waals surface area contributed by atoms with E-state index in [4.69, 9.17) is 0 Å². The first-order valence-corrected chi connectivity index (χ1v) is 3.67. The average molecular weight is 138 g/mol. The van der Waals surface area contributed by atoms with Gasteiger partial charge in [-0.15, -0.1) is 0 Å². The summed E-state index contributed by atoms with van der Waals surface area (Å²) < 4.78 is 0. The van der Waals surface area contributed by atoms with E-state index < -0.39 is 0 Å². The molecule has 1 aliphatic heterocycles. The van der Waals surface area contributed by atoms with Crippen LogP contribution in [0.4, 0.5) is 0 Å². The second-order valence-corrected chi connectivity index (χ2v) is 2.37. The van der Waals surface area contributed by atoms with Crippen LogP contribution in [0.2, 0.25) is 0 Å². The van der Waals surface area contributed by atoms with Gasteiger partial charge in [0.25, 0.3) is 0 Å². The van der Waals surface area contributed by atoms with Gasteiger partial charge in [-0.25, -0.2) is 0 Å². The molecule has 56 valence electrons. The largest absolute Gasteiger partial charge is 0.387 e. The fourth-order valence-corrected chi connectivity index (χ4v) is 0.947. The maximum Gasteiger partial charge on any atom is 0.0331 e. The Balaban J connectivity index is 2.26. The van der Waals surface area contributed by atoms with Gasteiger partial charge in [-0.2, -0.15) is 0 Å². The average Bonchev–Trinajstić information content (AvgIpc) is 2.03. The van der Waals surface area contributed by atoms with Crippen LogP contribution in [-0.4, -0.2) is 20.1 Å². The van der Waals surface area contributed by atoms with Crippen LogP contribution in [0.3, 0.4) is 0 Å². The molecule has 0 aromatic carbocycles. The van der Waals surface area contributed by atoms with Crippen molar-refractivity contribution in [3.63, 3.8) is 0 Å². The lowest BCUT2D eigenvalue weighted by Crippen LogP contribution is -2.12. The lowest BCUT2D eigenvalue weighted by atomic mass is 10.1. The summed E-state index contributed by atoms with van der Waals surface area (Å²) in [6, 6.07) is 0. The van der Waals surface area contributed by atoms with Crippen molar-refractivity contribution in [1.29, 1.82) is 0 Å². The first kappa shape index (κ1) is 7.35. The predicted octanol–water partition coefficient (Wildman–Crippen LogP) is 0.639. The summed E-state index contributed by atoms with van der Waals surface area (Å²) in [5.41, 5.74) is 1.42. The lowest BCUT2D eigenvalue weighted by molar-refractivity contribution is 0.785. The lowest BCUT2D eigenvalue weighted by Gasteiger charge is -2.07. The molecule has 0 aromatic heterocycles. The summed E-state index contributed by atoms with van der Waals surface area (Å²) in [6.07, 6.45) is 7.48. The Labute approximate surface area is 62.0 Å². The van der Waals surface area contributed by atoms with Crippen LogP contribution in [0.25, 0.3) is 0 Å². The quantitative estimate of drug-likeness (QED) is 0.598. The molecule has 0 bridgehead atoms. The van der Waals surface area contributed by atoms with E-state index in [-0.39, 0.29) is 0 Å². The Bertz CT molecular complexity index is 147. The van der Waals surface area contributed by atoms with Gasteiger partial charge in [-0.3, -0.25) is 0 Å². The van der Waals surface area contributed by atoms with Crippen LogP contribution in [0.15, 0.2) is 23.9 Å². The second-order valence-electron chi connectivity index (χ2n) is 2.37. The fraction of sp³-hybridized carbons (Fsp3) is 0.500. The summed E-state index contributed by atoms with van der Waals surface area (Å²) >= 11 is 0. The van der Waals surface area contributed by atoms with Crippen LogP contribution in [0.1, 0.15) is 6.42 Å². The van der Waals surface area contributed by atoms with E-state index in [9.17, 15) is 0 Å². The smallest absolute Gasteiger partial charge is 0.0331 e. The predicted molar refractivity (Wildman–Crippen MR) is 43.8 cm³/mol. The summed E-state index contributed by atoms with van der Waals surface area (Å²) in [5.74, 6) is 0. The molecule has 0 aromatic rings. The highest BCUT2D eigenvalue weighted by Crippen LogP contribution is 2.03. The standard InChI is InChI=1S/C8H14N2/c1-9-5-2-8-3-6-10-7-4-8/h3-4,6,9-10H,2,5,7H2,1H3. The van der Waals surface area contributed by atoms with Gasteiger partial charge in [0, 0.05) is 6.54 Å². The van der Waals surface area contributed by atoms with Gasteiger partial charge < -0.3 is 10.6 Å². The molecule has 0 fully saturated rings. The molecule has 0 atom stereocenters. The molecule has 0 spiro atoms. The molecule has 0 unspecified atom stereocenters. The Morgan fingerprint density at radius 1 is 1.70 bits per heavy atom. The third-order valence-corrected chi connectivity index (χ3v) is 1.56. The molecule has 2 heteroatoms. The van der Waals surface area contributed by atoms with Crippen molar-refractivity contribution >= 4 is 0 Å². The Morgan fingerprint density at radius 2 is 2.60 bits per heavy atom. The van der Waals surface area contributed by atoms with Crippen molar-refractivity contribution in [2.24, 2.45) is 0 Å². The molecule has 2 nitrogen and oxygen atoms in total. The third kappa shape index (κ3) is 2.23. The van der Waals surface area contributed by atoms with Crippen molar-refractivity contribution in [2.75, 3.05) is 20.1 Å². The van der Waals surface area contributed by atoms with Crippen LogP contribution < -0.4 is 10.6 Å². The van der Waals surface area contributed by atoms with E-state index in [2.05, 4.69) is 22.8 Å². The number of hydrogen-bond donors (Lipinski definition) is 2. The SMILES string of the molecule is CNCCC1=CCNC=C1.